The number of sulfonamides is 1. The Labute approximate surface area is 222 Å². The molecule has 11 heteroatoms. The fourth-order valence-electron chi connectivity index (χ4n) is 4.68. The highest BCUT2D eigenvalue weighted by Gasteiger charge is 2.41. The van der Waals surface area contributed by atoms with Crippen molar-refractivity contribution in [1.82, 2.24) is 14.1 Å². The van der Waals surface area contributed by atoms with Crippen molar-refractivity contribution in [2.24, 2.45) is 10.9 Å². The van der Waals surface area contributed by atoms with Crippen LogP contribution in [0.1, 0.15) is 39.4 Å². The fraction of sp³-hybridized carbons (Fsp3) is 0.444. The second-order valence-electron chi connectivity index (χ2n) is 9.87. The number of nitrogens with zero attached hydrogens (tertiary/aromatic N) is 4. The van der Waals surface area contributed by atoms with E-state index in [1.807, 2.05) is 13.8 Å². The molecule has 0 radical (unpaired) electrons. The fourth-order valence-corrected chi connectivity index (χ4v) is 6.18. The summed E-state index contributed by atoms with van der Waals surface area (Å²) in [7, 11) is -2.22. The van der Waals surface area contributed by atoms with Crippen molar-refractivity contribution >= 4 is 33.1 Å². The van der Waals surface area contributed by atoms with Gasteiger partial charge in [-0.2, -0.15) is 9.40 Å². The van der Waals surface area contributed by atoms with E-state index in [9.17, 15) is 17.6 Å². The first kappa shape index (κ1) is 27.7. The van der Waals surface area contributed by atoms with Crippen LogP contribution in [-0.2, 0) is 26.0 Å². The van der Waals surface area contributed by atoms with Gasteiger partial charge in [-0.1, -0.05) is 0 Å². The van der Waals surface area contributed by atoms with Crippen LogP contribution in [0.2, 0.25) is 0 Å². The SMILES string of the molecule is CN=C[C@@H]1CN(S(=O)(=O)c2ccc(OC(C)C)cc2)C[C@@H]1n1nc(CC(=O)OC(C)C)c2ccc(F)cc21. The average Bonchev–Trinajstić information content (AvgIpc) is 3.40. The summed E-state index contributed by atoms with van der Waals surface area (Å²) in [5.74, 6) is -0.632. The molecule has 4 rings (SSSR count). The normalized spacial score (nSPS) is 18.7. The Balaban J connectivity index is 1.69. The number of aliphatic imine (C=N–C) groups is 1. The summed E-state index contributed by atoms with van der Waals surface area (Å²) in [6, 6.07) is 10.1. The maximum absolute atomic E-state index is 14.3. The van der Waals surface area contributed by atoms with E-state index in [-0.39, 0.29) is 42.5 Å². The quantitative estimate of drug-likeness (QED) is 0.298. The minimum atomic E-state index is -3.84. The smallest absolute Gasteiger partial charge is 0.312 e. The zero-order chi connectivity index (χ0) is 27.6. The summed E-state index contributed by atoms with van der Waals surface area (Å²) in [6.07, 6.45) is 1.30. The van der Waals surface area contributed by atoms with Crippen LogP contribution in [0.4, 0.5) is 4.39 Å². The number of ether oxygens (including phenoxy) is 2. The number of carbonyl (C=O) groups excluding carboxylic acids is 1. The van der Waals surface area contributed by atoms with E-state index in [0.29, 0.717) is 22.3 Å². The van der Waals surface area contributed by atoms with E-state index >= 15 is 0 Å². The number of aromatic nitrogens is 2. The molecule has 1 saturated heterocycles. The molecule has 0 unspecified atom stereocenters. The van der Waals surface area contributed by atoms with Crippen molar-refractivity contribution in [3.8, 4) is 5.75 Å². The topological polar surface area (TPSA) is 103 Å². The number of halogens is 1. The number of carbonyl (C=O) groups is 1. The number of esters is 1. The molecule has 1 fully saturated rings. The summed E-state index contributed by atoms with van der Waals surface area (Å²) < 4.78 is 55.4. The lowest BCUT2D eigenvalue weighted by molar-refractivity contribution is -0.146. The molecule has 0 bridgehead atoms. The highest BCUT2D eigenvalue weighted by Crippen LogP contribution is 2.35. The van der Waals surface area contributed by atoms with Crippen LogP contribution < -0.4 is 4.74 Å². The Hall–Kier alpha value is -3.31. The Morgan fingerprint density at radius 3 is 2.47 bits per heavy atom. The van der Waals surface area contributed by atoms with Gasteiger partial charge in [-0.15, -0.1) is 0 Å². The van der Waals surface area contributed by atoms with E-state index in [0.717, 1.165) is 0 Å². The van der Waals surface area contributed by atoms with Gasteiger partial charge >= 0.3 is 5.97 Å². The molecule has 0 saturated carbocycles. The van der Waals surface area contributed by atoms with Gasteiger partial charge < -0.3 is 14.5 Å². The van der Waals surface area contributed by atoms with Crippen molar-refractivity contribution in [3.63, 3.8) is 0 Å². The van der Waals surface area contributed by atoms with Gasteiger partial charge in [0.15, 0.2) is 0 Å². The first-order chi connectivity index (χ1) is 18.0. The predicted molar refractivity (Wildman–Crippen MR) is 143 cm³/mol. The van der Waals surface area contributed by atoms with Crippen LogP contribution in [0.3, 0.4) is 0 Å². The number of rotatable bonds is 9. The summed E-state index contributed by atoms with van der Waals surface area (Å²) in [5, 5.41) is 5.28. The summed E-state index contributed by atoms with van der Waals surface area (Å²) in [6.45, 7) is 7.60. The van der Waals surface area contributed by atoms with Crippen LogP contribution in [0.25, 0.3) is 10.9 Å². The monoisotopic (exact) mass is 544 g/mol. The Morgan fingerprint density at radius 2 is 1.84 bits per heavy atom. The maximum Gasteiger partial charge on any atom is 0.312 e. The van der Waals surface area contributed by atoms with Crippen molar-refractivity contribution in [3.05, 3.63) is 54.0 Å². The van der Waals surface area contributed by atoms with Crippen LogP contribution in [0.15, 0.2) is 52.4 Å². The Kier molecular flexibility index (Phi) is 8.17. The summed E-state index contributed by atoms with van der Waals surface area (Å²) >= 11 is 0. The van der Waals surface area contributed by atoms with Crippen LogP contribution in [-0.4, -0.2) is 67.0 Å². The molecule has 1 aromatic heterocycles. The first-order valence-corrected chi connectivity index (χ1v) is 14.0. The minimum absolute atomic E-state index is 0.0308. The lowest BCUT2D eigenvalue weighted by atomic mass is 10.1. The number of benzene rings is 2. The third-order valence-electron chi connectivity index (χ3n) is 6.21. The predicted octanol–water partition coefficient (Wildman–Crippen LogP) is 4.02. The van der Waals surface area contributed by atoms with Gasteiger partial charge in [-0.3, -0.25) is 9.48 Å². The molecule has 1 aliphatic heterocycles. The Bertz CT molecular complexity index is 1430. The highest BCUT2D eigenvalue weighted by molar-refractivity contribution is 7.89. The molecule has 9 nitrogen and oxygen atoms in total. The molecule has 0 amide bonds. The van der Waals surface area contributed by atoms with Gasteiger partial charge in [0.1, 0.15) is 11.6 Å². The van der Waals surface area contributed by atoms with Gasteiger partial charge in [-0.05, 0) is 70.2 Å². The number of hydrogen-bond acceptors (Lipinski definition) is 7. The summed E-state index contributed by atoms with van der Waals surface area (Å²) in [5.41, 5.74) is 0.922. The molecule has 1 aliphatic rings. The van der Waals surface area contributed by atoms with Crippen LogP contribution >= 0.6 is 0 Å². The van der Waals surface area contributed by atoms with Crippen molar-refractivity contribution < 1.29 is 27.1 Å². The second kappa shape index (κ2) is 11.2. The third-order valence-corrected chi connectivity index (χ3v) is 8.06. The van der Waals surface area contributed by atoms with E-state index in [1.54, 1.807) is 50.0 Å². The molecule has 0 spiro atoms. The maximum atomic E-state index is 14.3. The van der Waals surface area contributed by atoms with E-state index < -0.39 is 27.9 Å². The third kappa shape index (κ3) is 5.88. The highest BCUT2D eigenvalue weighted by atomic mass is 32.2. The molecule has 3 aromatic rings. The molecule has 2 aromatic carbocycles. The molecule has 0 aliphatic carbocycles. The van der Waals surface area contributed by atoms with E-state index in [4.69, 9.17) is 9.47 Å². The molecule has 38 heavy (non-hydrogen) atoms. The van der Waals surface area contributed by atoms with E-state index in [1.165, 1.54) is 28.6 Å². The molecular weight excluding hydrogens is 511 g/mol. The van der Waals surface area contributed by atoms with E-state index in [2.05, 4.69) is 10.1 Å². The second-order valence-corrected chi connectivity index (χ2v) is 11.8. The molecular formula is C27H33FN4O5S. The van der Waals surface area contributed by atoms with Crippen LogP contribution in [0.5, 0.6) is 5.75 Å². The Morgan fingerprint density at radius 1 is 1.13 bits per heavy atom. The van der Waals surface area contributed by atoms with Gasteiger partial charge in [-0.25, -0.2) is 12.8 Å². The van der Waals surface area contributed by atoms with Gasteiger partial charge in [0.05, 0.1) is 40.8 Å². The molecule has 2 atom stereocenters. The first-order valence-electron chi connectivity index (χ1n) is 12.5. The van der Waals surface area contributed by atoms with Crippen molar-refractivity contribution in [1.29, 1.82) is 0 Å². The lowest BCUT2D eigenvalue weighted by Crippen LogP contribution is -2.29. The van der Waals surface area contributed by atoms with Gasteiger partial charge in [0, 0.05) is 37.7 Å². The van der Waals surface area contributed by atoms with Gasteiger partial charge in [0.2, 0.25) is 10.0 Å². The lowest BCUT2D eigenvalue weighted by Gasteiger charge is -2.18. The average molecular weight is 545 g/mol. The van der Waals surface area contributed by atoms with Gasteiger partial charge in [0.25, 0.3) is 0 Å². The minimum Gasteiger partial charge on any atom is -0.491 e. The summed E-state index contributed by atoms with van der Waals surface area (Å²) in [4.78, 5) is 16.7. The molecule has 204 valence electrons. The number of fused-ring (bicyclic) bond motifs is 1. The largest absolute Gasteiger partial charge is 0.491 e. The van der Waals surface area contributed by atoms with Crippen molar-refractivity contribution in [2.45, 2.75) is 57.3 Å². The zero-order valence-electron chi connectivity index (χ0n) is 22.2. The zero-order valence-corrected chi connectivity index (χ0v) is 23.0. The molecule has 0 N–H and O–H groups in total. The standard InChI is InChI=1S/C27H33FN4O5S/c1-17(2)36-21-7-9-22(10-8-21)38(34,35)31-15-19(14-29-5)26(16-31)32-25-12-20(28)6-11-23(25)24(30-32)13-27(33)37-18(3)4/h6-12,14,17-19,26H,13,15-16H2,1-5H3/t19-,26+/m1/s1. The van der Waals surface area contributed by atoms with Crippen molar-refractivity contribution in [2.75, 3.05) is 20.1 Å². The number of hydrogen-bond donors (Lipinski definition) is 0. The van der Waals surface area contributed by atoms with Crippen LogP contribution in [0, 0.1) is 11.7 Å². The molecule has 2 heterocycles.